The Kier molecular flexibility index (Phi) is 6.46. The van der Waals surface area contributed by atoms with Crippen LogP contribution in [0.3, 0.4) is 0 Å². The molecule has 30 heavy (non-hydrogen) atoms. The number of ether oxygens (including phenoxy) is 1. The number of rotatable bonds is 7. The summed E-state index contributed by atoms with van der Waals surface area (Å²) < 4.78 is 8.64. The first-order chi connectivity index (χ1) is 14.7. The minimum absolute atomic E-state index is 0.121. The highest BCUT2D eigenvalue weighted by atomic mass is 79.9. The molecular weight excluding hydrogens is 464 g/mol. The number of amides is 1. The second-order valence-electron chi connectivity index (χ2n) is 6.24. The molecule has 4 aromatic rings. The predicted octanol–water partition coefficient (Wildman–Crippen LogP) is 5.55. The van der Waals surface area contributed by atoms with Gasteiger partial charge in [0.25, 0.3) is 0 Å². The molecule has 0 saturated carbocycles. The summed E-state index contributed by atoms with van der Waals surface area (Å²) in [5.41, 5.74) is 1.65. The molecule has 4 rings (SSSR count). The van der Waals surface area contributed by atoms with E-state index in [2.05, 4.69) is 31.4 Å². The Morgan fingerprint density at radius 1 is 0.967 bits per heavy atom. The van der Waals surface area contributed by atoms with Gasteiger partial charge < -0.3 is 10.1 Å². The first-order valence-corrected chi connectivity index (χ1v) is 10.9. The number of thioether (sulfide) groups is 1. The summed E-state index contributed by atoms with van der Waals surface area (Å²) in [6.45, 7) is 0. The standard InChI is InChI=1S/C22H17BrN4O2S/c23-16-6-10-19(11-7-16)29-20-12-8-17(9-13-20)25-21(28)14-30-22-26-24-15-27(22)18-4-2-1-3-5-18/h1-13,15H,14H2,(H,25,28). The van der Waals surface area contributed by atoms with Crippen LogP contribution in [-0.4, -0.2) is 26.4 Å². The van der Waals surface area contributed by atoms with E-state index in [9.17, 15) is 4.79 Å². The summed E-state index contributed by atoms with van der Waals surface area (Å²) in [6, 6.07) is 24.6. The van der Waals surface area contributed by atoms with E-state index in [1.165, 1.54) is 11.8 Å². The number of nitrogens with one attached hydrogen (secondary N) is 1. The van der Waals surface area contributed by atoms with Crippen molar-refractivity contribution < 1.29 is 9.53 Å². The number of halogens is 1. The van der Waals surface area contributed by atoms with Crippen LogP contribution >= 0.6 is 27.7 Å². The van der Waals surface area contributed by atoms with Crippen molar-refractivity contribution in [3.8, 4) is 17.2 Å². The van der Waals surface area contributed by atoms with Crippen molar-refractivity contribution in [3.63, 3.8) is 0 Å². The summed E-state index contributed by atoms with van der Waals surface area (Å²) in [7, 11) is 0. The molecule has 0 aliphatic rings. The van der Waals surface area contributed by atoms with Gasteiger partial charge in [-0.15, -0.1) is 10.2 Å². The van der Waals surface area contributed by atoms with Gasteiger partial charge in [-0.25, -0.2) is 0 Å². The average Bonchev–Trinajstić information content (AvgIpc) is 3.25. The smallest absolute Gasteiger partial charge is 0.234 e. The van der Waals surface area contributed by atoms with Crippen LogP contribution in [0.4, 0.5) is 5.69 Å². The van der Waals surface area contributed by atoms with Gasteiger partial charge in [-0.1, -0.05) is 45.9 Å². The van der Waals surface area contributed by atoms with Crippen molar-refractivity contribution in [2.75, 3.05) is 11.1 Å². The average molecular weight is 481 g/mol. The normalized spacial score (nSPS) is 10.6. The third-order valence-corrected chi connectivity index (χ3v) is 5.54. The minimum atomic E-state index is -0.121. The number of nitrogens with zero attached hydrogens (tertiary/aromatic N) is 3. The monoisotopic (exact) mass is 480 g/mol. The Bertz CT molecular complexity index is 1120. The first kappa shape index (κ1) is 20.2. The largest absolute Gasteiger partial charge is 0.457 e. The number of para-hydroxylation sites is 1. The molecule has 0 bridgehead atoms. The van der Waals surface area contributed by atoms with E-state index in [0.717, 1.165) is 15.9 Å². The van der Waals surface area contributed by atoms with Crippen LogP contribution in [0.1, 0.15) is 0 Å². The molecule has 1 amide bonds. The van der Waals surface area contributed by atoms with E-state index >= 15 is 0 Å². The summed E-state index contributed by atoms with van der Waals surface area (Å²) in [4.78, 5) is 12.3. The van der Waals surface area contributed by atoms with E-state index in [1.54, 1.807) is 6.33 Å². The van der Waals surface area contributed by atoms with Crippen molar-refractivity contribution in [1.82, 2.24) is 14.8 Å². The molecule has 1 N–H and O–H groups in total. The molecule has 0 fully saturated rings. The van der Waals surface area contributed by atoms with Crippen molar-refractivity contribution in [2.24, 2.45) is 0 Å². The highest BCUT2D eigenvalue weighted by Crippen LogP contribution is 2.25. The molecule has 6 nitrogen and oxygen atoms in total. The number of carbonyl (C=O) groups excluding carboxylic acids is 1. The summed E-state index contributed by atoms with van der Waals surface area (Å²) in [6.07, 6.45) is 1.64. The maximum Gasteiger partial charge on any atom is 0.234 e. The van der Waals surface area contributed by atoms with Gasteiger partial charge in [0.1, 0.15) is 17.8 Å². The number of hydrogen-bond donors (Lipinski definition) is 1. The summed E-state index contributed by atoms with van der Waals surface area (Å²) >= 11 is 4.73. The zero-order chi connectivity index (χ0) is 20.8. The molecular formula is C22H17BrN4O2S. The molecule has 0 unspecified atom stereocenters. The van der Waals surface area contributed by atoms with Crippen LogP contribution in [-0.2, 0) is 4.79 Å². The topological polar surface area (TPSA) is 69.0 Å². The first-order valence-electron chi connectivity index (χ1n) is 9.09. The molecule has 1 heterocycles. The van der Waals surface area contributed by atoms with Gasteiger partial charge >= 0.3 is 0 Å². The minimum Gasteiger partial charge on any atom is -0.457 e. The SMILES string of the molecule is O=C(CSc1nncn1-c1ccccc1)Nc1ccc(Oc2ccc(Br)cc2)cc1. The predicted molar refractivity (Wildman–Crippen MR) is 121 cm³/mol. The third kappa shape index (κ3) is 5.28. The Balaban J connectivity index is 1.31. The second-order valence-corrected chi connectivity index (χ2v) is 8.09. The molecule has 8 heteroatoms. The number of aromatic nitrogens is 3. The van der Waals surface area contributed by atoms with Crippen LogP contribution in [0, 0.1) is 0 Å². The van der Waals surface area contributed by atoms with Gasteiger partial charge in [-0.3, -0.25) is 9.36 Å². The Morgan fingerprint density at radius 3 is 2.33 bits per heavy atom. The fourth-order valence-electron chi connectivity index (χ4n) is 2.66. The van der Waals surface area contributed by atoms with E-state index in [0.29, 0.717) is 16.6 Å². The lowest BCUT2D eigenvalue weighted by Gasteiger charge is -2.09. The lowest BCUT2D eigenvalue weighted by Crippen LogP contribution is -2.14. The number of benzene rings is 3. The van der Waals surface area contributed by atoms with Gasteiger partial charge in [0.05, 0.1) is 5.75 Å². The molecule has 0 radical (unpaired) electrons. The zero-order valence-electron chi connectivity index (χ0n) is 15.7. The molecule has 0 aliphatic carbocycles. The highest BCUT2D eigenvalue weighted by molar-refractivity contribution is 9.10. The number of hydrogen-bond acceptors (Lipinski definition) is 5. The van der Waals surface area contributed by atoms with Gasteiger partial charge in [0, 0.05) is 15.8 Å². The van der Waals surface area contributed by atoms with Gasteiger partial charge in [0.15, 0.2) is 5.16 Å². The molecule has 150 valence electrons. The van der Waals surface area contributed by atoms with E-state index in [1.807, 2.05) is 83.4 Å². The Morgan fingerprint density at radius 2 is 1.63 bits per heavy atom. The summed E-state index contributed by atoms with van der Waals surface area (Å²) in [5, 5.41) is 11.6. The van der Waals surface area contributed by atoms with Crippen LogP contribution in [0.2, 0.25) is 0 Å². The molecule has 0 aliphatic heterocycles. The molecule has 0 atom stereocenters. The summed E-state index contributed by atoms with van der Waals surface area (Å²) in [5.74, 6) is 1.54. The lowest BCUT2D eigenvalue weighted by molar-refractivity contribution is -0.113. The fraction of sp³-hybridized carbons (Fsp3) is 0.0455. The third-order valence-electron chi connectivity index (χ3n) is 4.07. The quantitative estimate of drug-likeness (QED) is 0.351. The van der Waals surface area contributed by atoms with Crippen molar-refractivity contribution >= 4 is 39.3 Å². The molecule has 3 aromatic carbocycles. The van der Waals surface area contributed by atoms with Crippen LogP contribution in [0.25, 0.3) is 5.69 Å². The van der Waals surface area contributed by atoms with E-state index in [-0.39, 0.29) is 11.7 Å². The van der Waals surface area contributed by atoms with Crippen molar-refractivity contribution in [1.29, 1.82) is 0 Å². The van der Waals surface area contributed by atoms with Crippen molar-refractivity contribution in [2.45, 2.75) is 5.16 Å². The fourth-order valence-corrected chi connectivity index (χ4v) is 3.65. The van der Waals surface area contributed by atoms with Crippen molar-refractivity contribution in [3.05, 3.63) is 89.7 Å². The number of anilines is 1. The lowest BCUT2D eigenvalue weighted by atomic mass is 10.3. The Hall–Kier alpha value is -3.10. The Labute approximate surface area is 186 Å². The molecule has 0 saturated heterocycles. The van der Waals surface area contributed by atoms with Crippen LogP contribution in [0.15, 0.2) is 94.8 Å². The van der Waals surface area contributed by atoms with Gasteiger partial charge in [-0.05, 0) is 60.7 Å². The molecule has 1 aromatic heterocycles. The maximum atomic E-state index is 12.3. The highest BCUT2D eigenvalue weighted by Gasteiger charge is 2.10. The van der Waals surface area contributed by atoms with Gasteiger partial charge in [0.2, 0.25) is 5.91 Å². The van der Waals surface area contributed by atoms with E-state index in [4.69, 9.17) is 4.74 Å². The number of carbonyl (C=O) groups is 1. The van der Waals surface area contributed by atoms with Crippen LogP contribution in [0.5, 0.6) is 11.5 Å². The second kappa shape index (κ2) is 9.60. The van der Waals surface area contributed by atoms with E-state index < -0.39 is 0 Å². The zero-order valence-corrected chi connectivity index (χ0v) is 18.1. The van der Waals surface area contributed by atoms with Crippen LogP contribution < -0.4 is 10.1 Å². The maximum absolute atomic E-state index is 12.3. The van der Waals surface area contributed by atoms with Gasteiger partial charge in [-0.2, -0.15) is 0 Å². The molecule has 0 spiro atoms.